The van der Waals surface area contributed by atoms with E-state index in [-0.39, 0.29) is 18.0 Å². The number of halogens is 2. The molecule has 1 saturated carbocycles. The Morgan fingerprint density at radius 1 is 1.45 bits per heavy atom. The number of Topliss-reactive ketones (excluding diaryl/α,β-unsaturated/α-hetero) is 1. The summed E-state index contributed by atoms with van der Waals surface area (Å²) in [5.41, 5.74) is -0.186. The van der Waals surface area contributed by atoms with Gasteiger partial charge in [0.2, 0.25) is 0 Å². The summed E-state index contributed by atoms with van der Waals surface area (Å²) in [5, 5.41) is 0.426. The number of ketones is 1. The van der Waals surface area contributed by atoms with Gasteiger partial charge in [0.25, 0.3) is 0 Å². The molecular weight excluding hydrogens is 279 g/mol. The van der Waals surface area contributed by atoms with Gasteiger partial charge < -0.3 is 4.74 Å². The lowest BCUT2D eigenvalue weighted by atomic mass is 9.76. The molecule has 1 aliphatic carbocycles. The molecule has 1 aromatic rings. The van der Waals surface area contributed by atoms with Crippen molar-refractivity contribution >= 4 is 17.4 Å². The van der Waals surface area contributed by atoms with Crippen molar-refractivity contribution in [1.82, 2.24) is 0 Å². The molecule has 0 heterocycles. The number of hydrogen-bond acceptors (Lipinski definition) is 2. The van der Waals surface area contributed by atoms with Crippen LogP contribution in [0.25, 0.3) is 0 Å². The minimum absolute atomic E-state index is 0.000556. The fraction of sp³-hybridized carbons (Fsp3) is 0.562. The predicted octanol–water partition coefficient (Wildman–Crippen LogP) is 4.19. The average Bonchev–Trinajstić information content (AvgIpc) is 2.44. The first-order valence-corrected chi connectivity index (χ1v) is 7.37. The van der Waals surface area contributed by atoms with E-state index in [4.69, 9.17) is 16.3 Å². The number of ether oxygens (including phenoxy) is 1. The van der Waals surface area contributed by atoms with Crippen molar-refractivity contribution in [3.63, 3.8) is 0 Å². The second kappa shape index (κ2) is 6.23. The van der Waals surface area contributed by atoms with Crippen LogP contribution in [0.4, 0.5) is 4.39 Å². The third-order valence-electron chi connectivity index (χ3n) is 4.34. The van der Waals surface area contributed by atoms with E-state index < -0.39 is 5.60 Å². The standard InChI is InChI=1S/C16H20ClFO2/c1-11-5-7-16(20-2,8-6-11)15(19)10-12-9-13(18)3-4-14(12)17/h3-4,9,11H,5-8,10H2,1-2H3. The Kier molecular flexibility index (Phi) is 4.82. The Balaban J connectivity index is 2.15. The minimum Gasteiger partial charge on any atom is -0.370 e. The van der Waals surface area contributed by atoms with Gasteiger partial charge in [-0.3, -0.25) is 4.79 Å². The Morgan fingerprint density at radius 2 is 2.10 bits per heavy atom. The third-order valence-corrected chi connectivity index (χ3v) is 4.71. The van der Waals surface area contributed by atoms with Crippen molar-refractivity contribution in [3.8, 4) is 0 Å². The molecule has 1 fully saturated rings. The molecule has 2 rings (SSSR count). The van der Waals surface area contributed by atoms with Crippen molar-refractivity contribution in [1.29, 1.82) is 0 Å². The van der Waals surface area contributed by atoms with Crippen LogP contribution in [0, 0.1) is 11.7 Å². The lowest BCUT2D eigenvalue weighted by Gasteiger charge is -2.37. The van der Waals surface area contributed by atoms with Crippen LogP contribution >= 0.6 is 11.6 Å². The highest BCUT2D eigenvalue weighted by Gasteiger charge is 2.40. The maximum atomic E-state index is 13.3. The van der Waals surface area contributed by atoms with Crippen molar-refractivity contribution < 1.29 is 13.9 Å². The molecule has 0 unspecified atom stereocenters. The van der Waals surface area contributed by atoms with E-state index in [1.165, 1.54) is 18.2 Å². The van der Waals surface area contributed by atoms with E-state index in [1.54, 1.807) is 7.11 Å². The van der Waals surface area contributed by atoms with Gasteiger partial charge >= 0.3 is 0 Å². The summed E-state index contributed by atoms with van der Waals surface area (Å²) in [6.07, 6.45) is 3.55. The molecule has 20 heavy (non-hydrogen) atoms. The molecule has 0 spiro atoms. The van der Waals surface area contributed by atoms with Gasteiger partial charge in [-0.15, -0.1) is 0 Å². The van der Waals surface area contributed by atoms with Crippen LogP contribution in [-0.4, -0.2) is 18.5 Å². The van der Waals surface area contributed by atoms with E-state index in [1.807, 2.05) is 0 Å². The molecule has 0 saturated heterocycles. The number of benzene rings is 1. The van der Waals surface area contributed by atoms with Crippen molar-refractivity contribution in [2.24, 2.45) is 5.92 Å². The molecular formula is C16H20ClFO2. The molecule has 110 valence electrons. The summed E-state index contributed by atoms with van der Waals surface area (Å²) in [6, 6.07) is 4.11. The SMILES string of the molecule is COC1(C(=O)Cc2cc(F)ccc2Cl)CCC(C)CC1. The quantitative estimate of drug-likeness (QED) is 0.833. The number of rotatable bonds is 4. The molecule has 0 aromatic heterocycles. The first kappa shape index (κ1) is 15.5. The monoisotopic (exact) mass is 298 g/mol. The fourth-order valence-electron chi connectivity index (χ4n) is 2.84. The molecule has 0 amide bonds. The van der Waals surface area contributed by atoms with Gasteiger partial charge in [-0.05, 0) is 55.4 Å². The lowest BCUT2D eigenvalue weighted by Crippen LogP contribution is -2.44. The summed E-state index contributed by atoms with van der Waals surface area (Å²) >= 11 is 6.03. The molecule has 1 aromatic carbocycles. The molecule has 2 nitrogen and oxygen atoms in total. The molecule has 4 heteroatoms. The van der Waals surface area contributed by atoms with Crippen LogP contribution in [-0.2, 0) is 16.0 Å². The van der Waals surface area contributed by atoms with Gasteiger partial charge in [-0.25, -0.2) is 4.39 Å². The molecule has 0 bridgehead atoms. The van der Waals surface area contributed by atoms with E-state index in [2.05, 4.69) is 6.92 Å². The van der Waals surface area contributed by atoms with Crippen LogP contribution in [0.2, 0.25) is 5.02 Å². The van der Waals surface area contributed by atoms with Gasteiger partial charge in [-0.2, -0.15) is 0 Å². The minimum atomic E-state index is -0.720. The maximum absolute atomic E-state index is 13.3. The van der Waals surface area contributed by atoms with Gasteiger partial charge in [0.15, 0.2) is 5.78 Å². The van der Waals surface area contributed by atoms with Gasteiger partial charge in [-0.1, -0.05) is 18.5 Å². The highest BCUT2D eigenvalue weighted by molar-refractivity contribution is 6.31. The van der Waals surface area contributed by atoms with E-state index in [0.29, 0.717) is 16.5 Å². The van der Waals surface area contributed by atoms with Gasteiger partial charge in [0.05, 0.1) is 0 Å². The van der Waals surface area contributed by atoms with Crippen molar-refractivity contribution in [3.05, 3.63) is 34.6 Å². The predicted molar refractivity (Wildman–Crippen MR) is 77.5 cm³/mol. The summed E-state index contributed by atoms with van der Waals surface area (Å²) < 4.78 is 18.8. The highest BCUT2D eigenvalue weighted by Crippen LogP contribution is 2.36. The number of hydrogen-bond donors (Lipinski definition) is 0. The normalized spacial score (nSPS) is 26.5. The zero-order chi connectivity index (χ0) is 14.8. The van der Waals surface area contributed by atoms with E-state index in [0.717, 1.165) is 25.7 Å². The first-order chi connectivity index (χ1) is 9.47. The fourth-order valence-corrected chi connectivity index (χ4v) is 3.02. The summed E-state index contributed by atoms with van der Waals surface area (Å²) in [7, 11) is 1.58. The summed E-state index contributed by atoms with van der Waals surface area (Å²) in [4.78, 5) is 12.6. The smallest absolute Gasteiger partial charge is 0.169 e. The van der Waals surface area contributed by atoms with Gasteiger partial charge in [0.1, 0.15) is 11.4 Å². The first-order valence-electron chi connectivity index (χ1n) is 6.99. The van der Waals surface area contributed by atoms with E-state index >= 15 is 0 Å². The van der Waals surface area contributed by atoms with Crippen molar-refractivity contribution in [2.75, 3.05) is 7.11 Å². The Morgan fingerprint density at radius 3 is 2.70 bits per heavy atom. The Hall–Kier alpha value is -0.930. The molecule has 0 atom stereocenters. The van der Waals surface area contributed by atoms with Crippen LogP contribution in [0.3, 0.4) is 0 Å². The average molecular weight is 299 g/mol. The maximum Gasteiger partial charge on any atom is 0.169 e. The van der Waals surface area contributed by atoms with Crippen LogP contribution in [0.1, 0.15) is 38.2 Å². The largest absolute Gasteiger partial charge is 0.370 e. The Labute approximate surface area is 124 Å². The zero-order valence-electron chi connectivity index (χ0n) is 11.9. The Bertz CT molecular complexity index is 493. The van der Waals surface area contributed by atoms with Crippen LogP contribution in [0.5, 0.6) is 0 Å². The number of methoxy groups -OCH3 is 1. The van der Waals surface area contributed by atoms with Crippen LogP contribution < -0.4 is 0 Å². The molecule has 0 aliphatic heterocycles. The lowest BCUT2D eigenvalue weighted by molar-refractivity contribution is -0.145. The number of carbonyl (C=O) groups excluding carboxylic acids is 1. The van der Waals surface area contributed by atoms with Gasteiger partial charge in [0, 0.05) is 18.6 Å². The topological polar surface area (TPSA) is 26.3 Å². The zero-order valence-corrected chi connectivity index (χ0v) is 12.7. The number of carbonyl (C=O) groups is 1. The highest BCUT2D eigenvalue weighted by atomic mass is 35.5. The molecule has 0 N–H and O–H groups in total. The van der Waals surface area contributed by atoms with Crippen LogP contribution in [0.15, 0.2) is 18.2 Å². The second-order valence-electron chi connectivity index (χ2n) is 5.72. The second-order valence-corrected chi connectivity index (χ2v) is 6.12. The van der Waals surface area contributed by atoms with E-state index in [9.17, 15) is 9.18 Å². The van der Waals surface area contributed by atoms with Crippen molar-refractivity contribution in [2.45, 2.75) is 44.6 Å². The summed E-state index contributed by atoms with van der Waals surface area (Å²) in [6.45, 7) is 2.19. The molecule has 1 aliphatic rings. The summed E-state index contributed by atoms with van der Waals surface area (Å²) in [5.74, 6) is 0.254. The molecule has 0 radical (unpaired) electrons. The third kappa shape index (κ3) is 3.21.